The lowest BCUT2D eigenvalue weighted by atomic mass is 10.4. The average Bonchev–Trinajstić information content (AvgIpc) is 2.71. The molecule has 0 bridgehead atoms. The maximum Gasteiger partial charge on any atom is 0.315 e. The SMILES string of the molecule is CCCCOC(=O)CSCc1cccs1. The highest BCUT2D eigenvalue weighted by molar-refractivity contribution is 7.99. The Bertz CT molecular complexity index is 270. The zero-order valence-corrected chi connectivity index (χ0v) is 10.5. The summed E-state index contributed by atoms with van der Waals surface area (Å²) >= 11 is 3.34. The summed E-state index contributed by atoms with van der Waals surface area (Å²) in [5.41, 5.74) is 0. The molecule has 1 heterocycles. The number of thiophene rings is 1. The van der Waals surface area contributed by atoms with Crippen molar-refractivity contribution in [2.45, 2.75) is 25.5 Å². The van der Waals surface area contributed by atoms with Crippen molar-refractivity contribution in [3.8, 4) is 0 Å². The van der Waals surface area contributed by atoms with Crippen molar-refractivity contribution in [2.75, 3.05) is 12.4 Å². The molecule has 0 unspecified atom stereocenters. The minimum Gasteiger partial charge on any atom is -0.465 e. The maximum atomic E-state index is 11.2. The number of thioether (sulfide) groups is 1. The fourth-order valence-electron chi connectivity index (χ4n) is 1.00. The molecule has 0 saturated carbocycles. The minimum absolute atomic E-state index is 0.0926. The lowest BCUT2D eigenvalue weighted by Gasteiger charge is -2.02. The van der Waals surface area contributed by atoms with Crippen LogP contribution in [0.2, 0.25) is 0 Å². The van der Waals surface area contributed by atoms with E-state index >= 15 is 0 Å². The minimum atomic E-state index is -0.0926. The molecule has 0 N–H and O–H groups in total. The number of ether oxygens (including phenoxy) is 1. The molecule has 0 aliphatic rings. The normalized spacial score (nSPS) is 10.2. The number of carbonyl (C=O) groups is 1. The van der Waals surface area contributed by atoms with Crippen LogP contribution in [0.4, 0.5) is 0 Å². The Morgan fingerprint density at radius 1 is 1.60 bits per heavy atom. The van der Waals surface area contributed by atoms with Crippen LogP contribution in [0.3, 0.4) is 0 Å². The molecular formula is C11H16O2S2. The highest BCUT2D eigenvalue weighted by atomic mass is 32.2. The van der Waals surface area contributed by atoms with E-state index in [4.69, 9.17) is 4.74 Å². The lowest BCUT2D eigenvalue weighted by Crippen LogP contribution is -2.08. The monoisotopic (exact) mass is 244 g/mol. The maximum absolute atomic E-state index is 11.2. The van der Waals surface area contributed by atoms with Gasteiger partial charge in [0.2, 0.25) is 0 Å². The van der Waals surface area contributed by atoms with Crippen LogP contribution in [0, 0.1) is 0 Å². The van der Waals surface area contributed by atoms with Gasteiger partial charge in [-0.25, -0.2) is 0 Å². The highest BCUT2D eigenvalue weighted by Crippen LogP contribution is 2.16. The summed E-state index contributed by atoms with van der Waals surface area (Å²) in [6, 6.07) is 4.11. The number of carbonyl (C=O) groups excluding carboxylic acids is 1. The van der Waals surface area contributed by atoms with E-state index in [1.54, 1.807) is 23.1 Å². The fourth-order valence-corrected chi connectivity index (χ4v) is 2.66. The van der Waals surface area contributed by atoms with E-state index < -0.39 is 0 Å². The first kappa shape index (κ1) is 12.6. The lowest BCUT2D eigenvalue weighted by molar-refractivity contribution is -0.140. The molecule has 0 aliphatic carbocycles. The third-order valence-electron chi connectivity index (χ3n) is 1.81. The van der Waals surface area contributed by atoms with Crippen LogP contribution >= 0.6 is 23.1 Å². The van der Waals surface area contributed by atoms with Gasteiger partial charge in [0, 0.05) is 10.6 Å². The molecule has 0 aromatic carbocycles. The molecule has 0 aliphatic heterocycles. The van der Waals surface area contributed by atoms with Gasteiger partial charge >= 0.3 is 5.97 Å². The zero-order chi connectivity index (χ0) is 10.9. The van der Waals surface area contributed by atoms with Gasteiger partial charge in [0.15, 0.2) is 0 Å². The standard InChI is InChI=1S/C11H16O2S2/c1-2-3-6-13-11(12)9-14-8-10-5-4-7-15-10/h4-5,7H,2-3,6,8-9H2,1H3. The topological polar surface area (TPSA) is 26.3 Å². The highest BCUT2D eigenvalue weighted by Gasteiger charge is 2.03. The van der Waals surface area contributed by atoms with Crippen molar-refractivity contribution in [2.24, 2.45) is 0 Å². The van der Waals surface area contributed by atoms with Crippen molar-refractivity contribution >= 4 is 29.1 Å². The predicted molar refractivity (Wildman–Crippen MR) is 66.3 cm³/mol. The molecule has 0 radical (unpaired) electrons. The van der Waals surface area contributed by atoms with E-state index in [1.807, 2.05) is 6.07 Å². The Labute approximate surface area is 99.0 Å². The first-order valence-corrected chi connectivity index (χ1v) is 7.12. The van der Waals surface area contributed by atoms with E-state index in [2.05, 4.69) is 18.4 Å². The first-order valence-electron chi connectivity index (χ1n) is 5.08. The number of hydrogen-bond acceptors (Lipinski definition) is 4. The molecule has 4 heteroatoms. The van der Waals surface area contributed by atoms with Gasteiger partial charge in [-0.05, 0) is 17.9 Å². The molecule has 0 atom stereocenters. The molecule has 0 saturated heterocycles. The van der Waals surface area contributed by atoms with Gasteiger partial charge in [0.1, 0.15) is 0 Å². The molecule has 0 fully saturated rings. The van der Waals surface area contributed by atoms with Crippen LogP contribution in [0.1, 0.15) is 24.6 Å². The second-order valence-corrected chi connectivity index (χ2v) is 5.16. The summed E-state index contributed by atoms with van der Waals surface area (Å²) in [7, 11) is 0. The number of unbranched alkanes of at least 4 members (excludes halogenated alkanes) is 1. The first-order chi connectivity index (χ1) is 7.33. The summed E-state index contributed by atoms with van der Waals surface area (Å²) in [5, 5.41) is 2.05. The molecular weight excluding hydrogens is 228 g/mol. The molecule has 84 valence electrons. The number of hydrogen-bond donors (Lipinski definition) is 0. The summed E-state index contributed by atoms with van der Waals surface area (Å²) in [4.78, 5) is 12.5. The van der Waals surface area contributed by atoms with Crippen molar-refractivity contribution < 1.29 is 9.53 Å². The summed E-state index contributed by atoms with van der Waals surface area (Å²) in [6.45, 7) is 2.65. The third kappa shape index (κ3) is 5.85. The zero-order valence-electron chi connectivity index (χ0n) is 8.90. The Morgan fingerprint density at radius 3 is 3.13 bits per heavy atom. The fraction of sp³-hybridized carbons (Fsp3) is 0.545. The molecule has 1 aromatic rings. The second kappa shape index (κ2) is 7.77. The van der Waals surface area contributed by atoms with Gasteiger partial charge in [-0.2, -0.15) is 0 Å². The van der Waals surface area contributed by atoms with Gasteiger partial charge in [0.05, 0.1) is 12.4 Å². The molecule has 0 spiro atoms. The molecule has 15 heavy (non-hydrogen) atoms. The van der Waals surface area contributed by atoms with Crippen LogP contribution in [0.15, 0.2) is 17.5 Å². The number of rotatable bonds is 7. The van der Waals surface area contributed by atoms with E-state index in [-0.39, 0.29) is 5.97 Å². The Kier molecular flexibility index (Phi) is 6.52. The van der Waals surface area contributed by atoms with Crippen LogP contribution in [-0.4, -0.2) is 18.3 Å². The van der Waals surface area contributed by atoms with E-state index in [0.717, 1.165) is 18.6 Å². The van der Waals surface area contributed by atoms with Crippen molar-refractivity contribution in [3.05, 3.63) is 22.4 Å². The van der Waals surface area contributed by atoms with Crippen LogP contribution < -0.4 is 0 Å². The number of esters is 1. The van der Waals surface area contributed by atoms with Gasteiger partial charge in [-0.3, -0.25) is 4.79 Å². The van der Waals surface area contributed by atoms with E-state index in [9.17, 15) is 4.79 Å². The molecule has 0 amide bonds. The van der Waals surface area contributed by atoms with Gasteiger partial charge in [-0.1, -0.05) is 19.4 Å². The van der Waals surface area contributed by atoms with Gasteiger partial charge < -0.3 is 4.74 Å². The molecule has 2 nitrogen and oxygen atoms in total. The predicted octanol–water partition coefficient (Wildman–Crippen LogP) is 3.32. The summed E-state index contributed by atoms with van der Waals surface area (Å²) in [6.07, 6.45) is 2.02. The molecule has 1 aromatic heterocycles. The summed E-state index contributed by atoms with van der Waals surface area (Å²) in [5.74, 6) is 1.27. The largest absolute Gasteiger partial charge is 0.465 e. The quantitative estimate of drug-likeness (QED) is 0.543. The van der Waals surface area contributed by atoms with E-state index in [0.29, 0.717) is 12.4 Å². The van der Waals surface area contributed by atoms with Crippen molar-refractivity contribution in [1.82, 2.24) is 0 Å². The van der Waals surface area contributed by atoms with Gasteiger partial charge in [-0.15, -0.1) is 23.1 Å². The smallest absolute Gasteiger partial charge is 0.315 e. The molecule has 1 rings (SSSR count). The van der Waals surface area contributed by atoms with Crippen LogP contribution in [0.5, 0.6) is 0 Å². The average molecular weight is 244 g/mol. The van der Waals surface area contributed by atoms with Crippen molar-refractivity contribution in [3.63, 3.8) is 0 Å². The van der Waals surface area contributed by atoms with Crippen LogP contribution in [-0.2, 0) is 15.3 Å². The third-order valence-corrected chi connectivity index (χ3v) is 3.82. The van der Waals surface area contributed by atoms with Crippen molar-refractivity contribution in [1.29, 1.82) is 0 Å². The Hall–Kier alpha value is -0.480. The van der Waals surface area contributed by atoms with Gasteiger partial charge in [0.25, 0.3) is 0 Å². The Balaban J connectivity index is 2.02. The van der Waals surface area contributed by atoms with Crippen LogP contribution in [0.25, 0.3) is 0 Å². The van der Waals surface area contributed by atoms with E-state index in [1.165, 1.54) is 4.88 Å². The second-order valence-electron chi connectivity index (χ2n) is 3.15. The summed E-state index contributed by atoms with van der Waals surface area (Å²) < 4.78 is 5.05. The Morgan fingerprint density at radius 2 is 2.47 bits per heavy atom.